The predicted octanol–water partition coefficient (Wildman–Crippen LogP) is 1.32. The van der Waals surface area contributed by atoms with Crippen LogP contribution in [-0.2, 0) is 0 Å². The summed E-state index contributed by atoms with van der Waals surface area (Å²) in [5.41, 5.74) is 4.83. The molecule has 0 fully saturated rings. The second-order valence-electron chi connectivity index (χ2n) is 3.67. The number of nitrogens with one attached hydrogen (secondary N) is 2. The summed E-state index contributed by atoms with van der Waals surface area (Å²) in [5.74, 6) is 4.94. The van der Waals surface area contributed by atoms with Crippen LogP contribution in [0.3, 0.4) is 0 Å². The molecule has 2 heterocycles. The third-order valence-electron chi connectivity index (χ3n) is 2.42. The monoisotopic (exact) mass is 243 g/mol. The lowest BCUT2D eigenvalue weighted by molar-refractivity contribution is 0.102. The molecule has 18 heavy (non-hydrogen) atoms. The van der Waals surface area contributed by atoms with Gasteiger partial charge >= 0.3 is 0 Å². The van der Waals surface area contributed by atoms with E-state index >= 15 is 0 Å². The average molecular weight is 243 g/mol. The number of hydrazine groups is 1. The molecule has 2 aromatic heterocycles. The fraction of sp³-hybridized carbons (Fsp3) is 0.0833. The van der Waals surface area contributed by atoms with Crippen molar-refractivity contribution in [3.05, 3.63) is 48.0 Å². The molecule has 0 aromatic carbocycles. The van der Waals surface area contributed by atoms with E-state index in [1.54, 1.807) is 30.5 Å². The normalized spacial score (nSPS) is 9.89. The molecule has 6 nitrogen and oxygen atoms in total. The maximum absolute atomic E-state index is 11.9. The van der Waals surface area contributed by atoms with E-state index in [9.17, 15) is 4.79 Å². The van der Waals surface area contributed by atoms with Crippen molar-refractivity contribution in [2.24, 2.45) is 5.84 Å². The molecule has 6 heteroatoms. The molecule has 92 valence electrons. The summed E-state index contributed by atoms with van der Waals surface area (Å²) < 4.78 is 0. The van der Waals surface area contributed by atoms with Crippen LogP contribution in [0, 0.1) is 6.92 Å². The minimum absolute atomic E-state index is 0.283. The molecule has 0 radical (unpaired) electrons. The highest BCUT2D eigenvalue weighted by atomic mass is 16.1. The van der Waals surface area contributed by atoms with Gasteiger partial charge in [-0.05, 0) is 31.2 Å². The molecule has 0 atom stereocenters. The van der Waals surface area contributed by atoms with Crippen LogP contribution in [0.4, 0.5) is 11.4 Å². The smallest absolute Gasteiger partial charge is 0.274 e. The van der Waals surface area contributed by atoms with Crippen LogP contribution in [0.15, 0.2) is 36.7 Å². The van der Waals surface area contributed by atoms with E-state index in [1.165, 1.54) is 6.20 Å². The first-order chi connectivity index (χ1) is 8.70. The van der Waals surface area contributed by atoms with Crippen LogP contribution < -0.4 is 16.6 Å². The summed E-state index contributed by atoms with van der Waals surface area (Å²) in [7, 11) is 0. The summed E-state index contributed by atoms with van der Waals surface area (Å²) in [6, 6.07) is 6.82. The molecule has 0 aliphatic heterocycles. The topological polar surface area (TPSA) is 92.9 Å². The largest absolute Gasteiger partial charge is 0.323 e. The minimum atomic E-state index is -0.283. The number of nitrogen functional groups attached to an aromatic ring is 1. The van der Waals surface area contributed by atoms with Crippen molar-refractivity contribution >= 4 is 17.3 Å². The van der Waals surface area contributed by atoms with E-state index in [0.717, 1.165) is 5.69 Å². The maximum Gasteiger partial charge on any atom is 0.274 e. The van der Waals surface area contributed by atoms with Crippen LogP contribution in [-0.4, -0.2) is 15.9 Å². The fourth-order valence-corrected chi connectivity index (χ4v) is 1.42. The molecule has 0 bridgehead atoms. The number of rotatable bonds is 3. The molecule has 2 aromatic rings. The van der Waals surface area contributed by atoms with Gasteiger partial charge in [0.2, 0.25) is 0 Å². The van der Waals surface area contributed by atoms with Crippen molar-refractivity contribution in [3.63, 3.8) is 0 Å². The Labute approximate surface area is 104 Å². The molecule has 0 saturated carbocycles. The second kappa shape index (κ2) is 5.24. The van der Waals surface area contributed by atoms with E-state index in [2.05, 4.69) is 20.7 Å². The van der Waals surface area contributed by atoms with Gasteiger partial charge in [0.05, 0.1) is 23.3 Å². The number of aromatic nitrogens is 2. The molecule has 2 rings (SSSR count). The van der Waals surface area contributed by atoms with Crippen molar-refractivity contribution in [3.8, 4) is 0 Å². The first kappa shape index (κ1) is 12.0. The number of anilines is 2. The molecule has 1 amide bonds. The summed E-state index contributed by atoms with van der Waals surface area (Å²) in [5, 5.41) is 2.75. The third-order valence-corrected chi connectivity index (χ3v) is 2.42. The zero-order chi connectivity index (χ0) is 13.0. The van der Waals surface area contributed by atoms with Gasteiger partial charge in [-0.1, -0.05) is 0 Å². The van der Waals surface area contributed by atoms with Crippen LogP contribution in [0.1, 0.15) is 16.2 Å². The van der Waals surface area contributed by atoms with Gasteiger partial charge < -0.3 is 10.7 Å². The lowest BCUT2D eigenvalue weighted by Gasteiger charge is -2.07. The number of amides is 1. The van der Waals surface area contributed by atoms with Crippen molar-refractivity contribution in [1.29, 1.82) is 0 Å². The van der Waals surface area contributed by atoms with Crippen molar-refractivity contribution in [2.45, 2.75) is 6.92 Å². The summed E-state index contributed by atoms with van der Waals surface area (Å²) in [6.45, 7) is 1.82. The van der Waals surface area contributed by atoms with Crippen molar-refractivity contribution in [1.82, 2.24) is 9.97 Å². The predicted molar refractivity (Wildman–Crippen MR) is 69.0 cm³/mol. The maximum atomic E-state index is 11.9. The summed E-state index contributed by atoms with van der Waals surface area (Å²) in [6.07, 6.45) is 3.16. The van der Waals surface area contributed by atoms with E-state index in [1.807, 2.05) is 6.92 Å². The number of carbonyl (C=O) groups is 1. The molecule has 0 spiro atoms. The minimum Gasteiger partial charge on any atom is -0.323 e. The lowest BCUT2D eigenvalue weighted by atomic mass is 10.3. The van der Waals surface area contributed by atoms with Crippen molar-refractivity contribution < 1.29 is 4.79 Å². The Hall–Kier alpha value is -2.47. The molecular formula is C12H13N5O. The molecule has 0 saturated heterocycles. The Kier molecular flexibility index (Phi) is 3.49. The Balaban J connectivity index is 2.14. The number of nitrogens with zero attached hydrogens (tertiary/aromatic N) is 2. The van der Waals surface area contributed by atoms with Crippen molar-refractivity contribution in [2.75, 3.05) is 10.7 Å². The highest BCUT2D eigenvalue weighted by Crippen LogP contribution is 2.12. The third kappa shape index (κ3) is 2.61. The van der Waals surface area contributed by atoms with Crippen LogP contribution in [0.2, 0.25) is 0 Å². The lowest BCUT2D eigenvalue weighted by Crippen LogP contribution is -2.15. The summed E-state index contributed by atoms with van der Waals surface area (Å²) in [4.78, 5) is 20.0. The van der Waals surface area contributed by atoms with Gasteiger partial charge in [-0.3, -0.25) is 15.6 Å². The number of hydrogen-bond donors (Lipinski definition) is 3. The van der Waals surface area contributed by atoms with E-state index in [4.69, 9.17) is 5.84 Å². The quantitative estimate of drug-likeness (QED) is 0.558. The first-order valence-corrected chi connectivity index (χ1v) is 5.36. The molecule has 0 aliphatic carbocycles. The SMILES string of the molecule is Cc1ncccc1NC(=O)c1ccc(NN)cn1. The standard InChI is InChI=1S/C12H13N5O/c1-8-10(3-2-6-14-8)16-12(18)11-5-4-9(17-13)7-15-11/h2-7,17H,13H2,1H3,(H,16,18). The highest BCUT2D eigenvalue weighted by Gasteiger charge is 2.08. The average Bonchev–Trinajstić information content (AvgIpc) is 2.41. The van der Waals surface area contributed by atoms with Gasteiger partial charge in [0, 0.05) is 6.20 Å². The highest BCUT2D eigenvalue weighted by molar-refractivity contribution is 6.03. The van der Waals surface area contributed by atoms with Gasteiger partial charge in [0.1, 0.15) is 5.69 Å². The number of aryl methyl sites for hydroxylation is 1. The van der Waals surface area contributed by atoms with E-state index < -0.39 is 0 Å². The van der Waals surface area contributed by atoms with Gasteiger partial charge in [0.15, 0.2) is 0 Å². The molecule has 0 unspecified atom stereocenters. The van der Waals surface area contributed by atoms with Gasteiger partial charge in [-0.25, -0.2) is 4.98 Å². The Morgan fingerprint density at radius 2 is 2.11 bits per heavy atom. The van der Waals surface area contributed by atoms with Crippen LogP contribution in [0.5, 0.6) is 0 Å². The Bertz CT molecular complexity index is 553. The van der Waals surface area contributed by atoms with Gasteiger partial charge in [0.25, 0.3) is 5.91 Å². The Morgan fingerprint density at radius 3 is 2.72 bits per heavy atom. The fourth-order valence-electron chi connectivity index (χ4n) is 1.42. The van der Waals surface area contributed by atoms with E-state index in [0.29, 0.717) is 17.1 Å². The van der Waals surface area contributed by atoms with E-state index in [-0.39, 0.29) is 5.91 Å². The zero-order valence-corrected chi connectivity index (χ0v) is 9.84. The van der Waals surface area contributed by atoms with Crippen LogP contribution >= 0.6 is 0 Å². The number of carbonyl (C=O) groups excluding carboxylic acids is 1. The molecular weight excluding hydrogens is 230 g/mol. The molecule has 4 N–H and O–H groups in total. The number of hydrogen-bond acceptors (Lipinski definition) is 5. The second-order valence-corrected chi connectivity index (χ2v) is 3.67. The summed E-state index contributed by atoms with van der Waals surface area (Å²) >= 11 is 0. The van der Waals surface area contributed by atoms with Gasteiger partial charge in [-0.2, -0.15) is 0 Å². The Morgan fingerprint density at radius 1 is 1.28 bits per heavy atom. The number of nitrogens with two attached hydrogens (primary N) is 1. The first-order valence-electron chi connectivity index (χ1n) is 5.36. The van der Waals surface area contributed by atoms with Crippen LogP contribution in [0.25, 0.3) is 0 Å². The van der Waals surface area contributed by atoms with Gasteiger partial charge in [-0.15, -0.1) is 0 Å². The zero-order valence-electron chi connectivity index (χ0n) is 9.84. The number of pyridine rings is 2. The molecule has 0 aliphatic rings.